The number of rotatable bonds is 6. The summed E-state index contributed by atoms with van der Waals surface area (Å²) in [5, 5.41) is 11.4. The largest absolute Gasteiger partial charge is 0.486 e. The standard InChI is InChI=1S/C22H25N3O6/c1-2-23(15-16-4-3-5-20-21(16)31-13-12-30-20)22(26)18-14-17(25(27)28)6-7-19(18)24-8-10-29-11-9-24/h3-7,14H,2,8-13,15H2,1H3. The maximum Gasteiger partial charge on any atom is 0.270 e. The molecular formula is C22H25N3O6. The Hall–Kier alpha value is -3.33. The molecule has 31 heavy (non-hydrogen) atoms. The first kappa shape index (κ1) is 20.9. The summed E-state index contributed by atoms with van der Waals surface area (Å²) >= 11 is 0. The monoisotopic (exact) mass is 427 g/mol. The maximum absolute atomic E-state index is 13.6. The molecule has 0 saturated carbocycles. The highest BCUT2D eigenvalue weighted by Crippen LogP contribution is 2.35. The molecule has 0 bridgehead atoms. The zero-order valence-corrected chi connectivity index (χ0v) is 17.4. The minimum Gasteiger partial charge on any atom is -0.486 e. The Labute approximate surface area is 180 Å². The van der Waals surface area contributed by atoms with Crippen molar-refractivity contribution in [3.63, 3.8) is 0 Å². The Balaban J connectivity index is 1.66. The van der Waals surface area contributed by atoms with Crippen LogP contribution in [-0.4, -0.2) is 61.8 Å². The molecular weight excluding hydrogens is 402 g/mol. The Bertz CT molecular complexity index is 974. The molecule has 0 spiro atoms. The predicted molar refractivity (Wildman–Crippen MR) is 114 cm³/mol. The van der Waals surface area contributed by atoms with Crippen LogP contribution >= 0.6 is 0 Å². The van der Waals surface area contributed by atoms with E-state index in [2.05, 4.69) is 0 Å². The van der Waals surface area contributed by atoms with Crippen molar-refractivity contribution in [3.05, 3.63) is 57.6 Å². The number of fused-ring (bicyclic) bond motifs is 1. The number of carbonyl (C=O) groups excluding carboxylic acids is 1. The van der Waals surface area contributed by atoms with Gasteiger partial charge in [0.2, 0.25) is 0 Å². The van der Waals surface area contributed by atoms with Crippen LogP contribution < -0.4 is 14.4 Å². The minimum absolute atomic E-state index is 0.106. The average molecular weight is 427 g/mol. The Morgan fingerprint density at radius 3 is 2.65 bits per heavy atom. The summed E-state index contributed by atoms with van der Waals surface area (Å²) in [4.78, 5) is 28.2. The van der Waals surface area contributed by atoms with Crippen molar-refractivity contribution in [1.82, 2.24) is 4.90 Å². The number of nitro groups is 1. The summed E-state index contributed by atoms with van der Waals surface area (Å²) in [6, 6.07) is 10.1. The number of para-hydroxylation sites is 1. The van der Waals surface area contributed by atoms with Gasteiger partial charge in [-0.2, -0.15) is 0 Å². The van der Waals surface area contributed by atoms with Gasteiger partial charge in [0, 0.05) is 43.9 Å². The molecule has 0 aromatic heterocycles. The normalized spacial score (nSPS) is 15.5. The van der Waals surface area contributed by atoms with E-state index in [1.165, 1.54) is 12.1 Å². The van der Waals surface area contributed by atoms with E-state index in [4.69, 9.17) is 14.2 Å². The molecule has 2 aliphatic heterocycles. The third-order valence-electron chi connectivity index (χ3n) is 5.45. The van der Waals surface area contributed by atoms with Crippen LogP contribution in [0.15, 0.2) is 36.4 Å². The fourth-order valence-electron chi connectivity index (χ4n) is 3.85. The number of non-ortho nitro benzene ring substituents is 1. The van der Waals surface area contributed by atoms with Gasteiger partial charge >= 0.3 is 0 Å². The second-order valence-corrected chi connectivity index (χ2v) is 7.32. The number of amides is 1. The van der Waals surface area contributed by atoms with Crippen molar-refractivity contribution < 1.29 is 23.9 Å². The Kier molecular flexibility index (Phi) is 6.22. The summed E-state index contributed by atoms with van der Waals surface area (Å²) in [6.45, 7) is 5.94. The Morgan fingerprint density at radius 2 is 1.90 bits per heavy atom. The number of carbonyl (C=O) groups is 1. The molecule has 0 atom stereocenters. The number of benzene rings is 2. The van der Waals surface area contributed by atoms with Crippen molar-refractivity contribution in [1.29, 1.82) is 0 Å². The first-order valence-corrected chi connectivity index (χ1v) is 10.4. The van der Waals surface area contributed by atoms with Gasteiger partial charge in [-0.05, 0) is 19.1 Å². The molecule has 4 rings (SSSR count). The maximum atomic E-state index is 13.6. The van der Waals surface area contributed by atoms with Crippen molar-refractivity contribution in [3.8, 4) is 11.5 Å². The molecule has 2 aromatic carbocycles. The number of morpholine rings is 1. The highest BCUT2D eigenvalue weighted by molar-refractivity contribution is 6.00. The van der Waals surface area contributed by atoms with Crippen molar-refractivity contribution in [2.75, 3.05) is 51.0 Å². The topological polar surface area (TPSA) is 94.4 Å². The van der Waals surface area contributed by atoms with Gasteiger partial charge in [-0.15, -0.1) is 0 Å². The second-order valence-electron chi connectivity index (χ2n) is 7.32. The molecule has 0 N–H and O–H groups in total. The summed E-state index contributed by atoms with van der Waals surface area (Å²) < 4.78 is 16.8. The van der Waals surface area contributed by atoms with E-state index in [0.29, 0.717) is 75.4 Å². The fraction of sp³-hybridized carbons (Fsp3) is 0.409. The van der Waals surface area contributed by atoms with Crippen LogP contribution in [0.2, 0.25) is 0 Å². The molecule has 2 aromatic rings. The van der Waals surface area contributed by atoms with Crippen molar-refractivity contribution >= 4 is 17.3 Å². The summed E-state index contributed by atoms with van der Waals surface area (Å²) in [6.07, 6.45) is 0. The molecule has 1 fully saturated rings. The molecule has 0 radical (unpaired) electrons. The molecule has 9 heteroatoms. The lowest BCUT2D eigenvalue weighted by atomic mass is 10.1. The van der Waals surface area contributed by atoms with Crippen LogP contribution in [-0.2, 0) is 11.3 Å². The van der Waals surface area contributed by atoms with Gasteiger partial charge in [-0.25, -0.2) is 0 Å². The van der Waals surface area contributed by atoms with Gasteiger partial charge < -0.3 is 24.0 Å². The van der Waals surface area contributed by atoms with E-state index in [9.17, 15) is 14.9 Å². The molecule has 9 nitrogen and oxygen atoms in total. The molecule has 0 unspecified atom stereocenters. The van der Waals surface area contributed by atoms with Gasteiger partial charge in [0.05, 0.1) is 29.4 Å². The number of hydrogen-bond donors (Lipinski definition) is 0. The predicted octanol–water partition coefficient (Wildman–Crippen LogP) is 2.86. The lowest BCUT2D eigenvalue weighted by molar-refractivity contribution is -0.384. The van der Waals surface area contributed by atoms with E-state index < -0.39 is 4.92 Å². The van der Waals surface area contributed by atoms with E-state index >= 15 is 0 Å². The summed E-state index contributed by atoms with van der Waals surface area (Å²) in [5.41, 5.74) is 1.74. The SMILES string of the molecule is CCN(Cc1cccc2c1OCCO2)C(=O)c1cc([N+](=O)[O-])ccc1N1CCOCC1. The van der Waals surface area contributed by atoms with Gasteiger partial charge in [-0.1, -0.05) is 12.1 Å². The van der Waals surface area contributed by atoms with Gasteiger partial charge in [0.25, 0.3) is 11.6 Å². The molecule has 1 saturated heterocycles. The average Bonchev–Trinajstić information content (AvgIpc) is 2.82. The molecule has 1 amide bonds. The van der Waals surface area contributed by atoms with E-state index in [-0.39, 0.29) is 11.6 Å². The van der Waals surface area contributed by atoms with Gasteiger partial charge in [-0.3, -0.25) is 14.9 Å². The van der Waals surface area contributed by atoms with Crippen molar-refractivity contribution in [2.45, 2.75) is 13.5 Å². The zero-order valence-electron chi connectivity index (χ0n) is 17.4. The molecule has 164 valence electrons. The molecule has 2 aliphatic rings. The quantitative estimate of drug-likeness (QED) is 0.517. The second kappa shape index (κ2) is 9.22. The van der Waals surface area contributed by atoms with E-state index in [0.717, 1.165) is 5.56 Å². The van der Waals surface area contributed by atoms with Crippen LogP contribution in [0.25, 0.3) is 0 Å². The highest BCUT2D eigenvalue weighted by atomic mass is 16.6. The minimum atomic E-state index is -0.477. The zero-order chi connectivity index (χ0) is 21.8. The Morgan fingerprint density at radius 1 is 1.13 bits per heavy atom. The third-order valence-corrected chi connectivity index (χ3v) is 5.45. The number of nitrogens with zero attached hydrogens (tertiary/aromatic N) is 3. The lowest BCUT2D eigenvalue weighted by Gasteiger charge is -2.31. The number of ether oxygens (including phenoxy) is 3. The fourth-order valence-corrected chi connectivity index (χ4v) is 3.85. The summed E-state index contributed by atoms with van der Waals surface area (Å²) in [7, 11) is 0. The molecule has 0 aliphatic carbocycles. The van der Waals surface area contributed by atoms with Gasteiger partial charge in [0.1, 0.15) is 13.2 Å². The first-order chi connectivity index (χ1) is 15.1. The third kappa shape index (κ3) is 4.41. The first-order valence-electron chi connectivity index (χ1n) is 10.4. The van der Waals surface area contributed by atoms with Crippen LogP contribution in [0.1, 0.15) is 22.8 Å². The number of nitro benzene ring substituents is 1. The van der Waals surface area contributed by atoms with Gasteiger partial charge in [0.15, 0.2) is 11.5 Å². The summed E-state index contributed by atoms with van der Waals surface area (Å²) in [5.74, 6) is 1.05. The smallest absolute Gasteiger partial charge is 0.270 e. The van der Waals surface area contributed by atoms with Crippen LogP contribution in [0.4, 0.5) is 11.4 Å². The van der Waals surface area contributed by atoms with Crippen LogP contribution in [0.5, 0.6) is 11.5 Å². The number of hydrogen-bond acceptors (Lipinski definition) is 7. The number of anilines is 1. The van der Waals surface area contributed by atoms with Crippen LogP contribution in [0, 0.1) is 10.1 Å². The van der Waals surface area contributed by atoms with Crippen LogP contribution in [0.3, 0.4) is 0 Å². The van der Waals surface area contributed by atoms with Crippen molar-refractivity contribution in [2.24, 2.45) is 0 Å². The van der Waals surface area contributed by atoms with E-state index in [1.54, 1.807) is 11.0 Å². The van der Waals surface area contributed by atoms with E-state index in [1.807, 2.05) is 30.0 Å². The molecule has 2 heterocycles. The lowest BCUT2D eigenvalue weighted by Crippen LogP contribution is -2.38. The highest BCUT2D eigenvalue weighted by Gasteiger charge is 2.26.